The molecule has 0 saturated heterocycles. The van der Waals surface area contributed by atoms with E-state index in [2.05, 4.69) is 0 Å². The van der Waals surface area contributed by atoms with E-state index in [1.165, 1.54) is 14.2 Å². The maximum atomic E-state index is 13.5. The summed E-state index contributed by atoms with van der Waals surface area (Å²) in [6.07, 6.45) is 0. The average molecular weight is 413 g/mol. The number of rotatable bonds is 12. The first kappa shape index (κ1) is 25.5. The Morgan fingerprint density at radius 3 is 2.03 bits per heavy atom. The molecule has 6 nitrogen and oxygen atoms in total. The van der Waals surface area contributed by atoms with Crippen molar-refractivity contribution in [2.75, 3.05) is 40.6 Å². The van der Waals surface area contributed by atoms with Crippen LogP contribution in [-0.2, 0) is 9.26 Å². The van der Waals surface area contributed by atoms with Gasteiger partial charge >= 0.3 is 0 Å². The number of methoxy groups -OCH3 is 2. The van der Waals surface area contributed by atoms with E-state index in [-0.39, 0.29) is 24.4 Å². The molecule has 0 spiro atoms. The van der Waals surface area contributed by atoms with Crippen LogP contribution in [0.4, 0.5) is 0 Å². The van der Waals surface area contributed by atoms with Gasteiger partial charge in [-0.15, -0.1) is 0 Å². The first-order valence-corrected chi connectivity index (χ1v) is 10.4. The molecule has 2 aromatic carbocycles. The quantitative estimate of drug-likeness (QED) is 0.301. The Balaban J connectivity index is 0.00000420. The van der Waals surface area contributed by atoms with Crippen LogP contribution in [0.15, 0.2) is 42.5 Å². The third kappa shape index (κ3) is 7.03. The average Bonchev–Trinajstić information content (AvgIpc) is 2.73. The zero-order valence-electron chi connectivity index (χ0n) is 17.8. The van der Waals surface area contributed by atoms with E-state index >= 15 is 0 Å². The number of hydrogen-bond acceptors (Lipinski definition) is 6. The van der Waals surface area contributed by atoms with Crippen LogP contribution in [0.1, 0.15) is 24.2 Å². The number of ether oxygens (including phenoxy) is 4. The number of carbonyl (C=O) groups is 1. The summed E-state index contributed by atoms with van der Waals surface area (Å²) >= 11 is 0. The summed E-state index contributed by atoms with van der Waals surface area (Å²) in [5, 5.41) is 0.785. The van der Waals surface area contributed by atoms with Gasteiger partial charge in [0.15, 0.2) is 0 Å². The third-order valence-electron chi connectivity index (χ3n) is 3.86. The summed E-state index contributed by atoms with van der Waals surface area (Å²) in [4.78, 5) is 13.5. The van der Waals surface area contributed by atoms with Crippen molar-refractivity contribution in [1.82, 2.24) is 0 Å². The van der Waals surface area contributed by atoms with Crippen molar-refractivity contribution in [3.8, 4) is 17.2 Å². The van der Waals surface area contributed by atoms with Crippen molar-refractivity contribution in [2.45, 2.75) is 13.8 Å². The second kappa shape index (κ2) is 13.6. The molecule has 0 saturated carbocycles. The van der Waals surface area contributed by atoms with Crippen molar-refractivity contribution >= 4 is 37.8 Å². The molecular weight excluding hydrogens is 386 g/mol. The molecule has 153 valence electrons. The fraction of sp³-hybridized carbons (Fsp3) is 0.381. The molecule has 0 aliphatic carbocycles. The maximum Gasteiger partial charge on any atom is 0.223 e. The topological polar surface area (TPSA) is 63.2 Å². The van der Waals surface area contributed by atoms with Gasteiger partial charge in [0, 0.05) is 30.8 Å². The van der Waals surface area contributed by atoms with E-state index < -0.39 is 8.15 Å². The number of benzene rings is 2. The smallest absolute Gasteiger partial charge is 0.223 e. The molecule has 2 rings (SSSR count). The maximum absolute atomic E-state index is 13.5. The minimum absolute atomic E-state index is 0. The molecule has 8 heteroatoms. The van der Waals surface area contributed by atoms with E-state index in [4.69, 9.17) is 23.5 Å². The summed E-state index contributed by atoms with van der Waals surface area (Å²) in [5.74, 6) is 1.66. The monoisotopic (exact) mass is 413 g/mol. The summed E-state index contributed by atoms with van der Waals surface area (Å²) in [6.45, 7) is 5.75. The van der Waals surface area contributed by atoms with Crippen molar-refractivity contribution in [3.63, 3.8) is 0 Å². The molecule has 0 fully saturated rings. The van der Waals surface area contributed by atoms with Crippen LogP contribution in [0, 0.1) is 0 Å². The molecule has 29 heavy (non-hydrogen) atoms. The van der Waals surface area contributed by atoms with Crippen LogP contribution < -0.4 is 19.5 Å². The summed E-state index contributed by atoms with van der Waals surface area (Å²) in [7, 11) is 1.45. The summed E-state index contributed by atoms with van der Waals surface area (Å²) < 4.78 is 27.6. The Morgan fingerprint density at radius 1 is 0.897 bits per heavy atom. The number of carbonyl (C=O) groups excluding carboxylic acids is 1. The standard InChI is InChI=1S/C21H27O6P.Li/c1-5-25-14-15-27-28(17-12-10-16(11-13-17)26-6-2)21(22)20-18(23-3)8-7-9-19(20)24-4;/h7-13H,5-6,14-15H2,1-4H3;. The minimum Gasteiger partial charge on any atom is -0.496 e. The fourth-order valence-corrected chi connectivity index (χ4v) is 4.19. The van der Waals surface area contributed by atoms with E-state index in [1.807, 2.05) is 38.1 Å². The third-order valence-corrected chi connectivity index (χ3v) is 5.66. The van der Waals surface area contributed by atoms with Gasteiger partial charge in [0.05, 0.1) is 34.0 Å². The zero-order chi connectivity index (χ0) is 20.4. The Kier molecular flexibility index (Phi) is 12.0. The molecule has 0 N–H and O–H groups in total. The largest absolute Gasteiger partial charge is 0.496 e. The van der Waals surface area contributed by atoms with Crippen LogP contribution in [-0.4, -0.2) is 65.0 Å². The second-order valence-corrected chi connectivity index (χ2v) is 7.36. The fourth-order valence-electron chi connectivity index (χ4n) is 2.59. The van der Waals surface area contributed by atoms with Crippen molar-refractivity contribution < 1.29 is 28.3 Å². The molecule has 0 aliphatic rings. The first-order valence-electron chi connectivity index (χ1n) is 9.15. The normalized spacial score (nSPS) is 11.3. The number of hydrogen-bond donors (Lipinski definition) is 0. The molecule has 0 aliphatic heterocycles. The van der Waals surface area contributed by atoms with E-state index in [1.54, 1.807) is 18.2 Å². The van der Waals surface area contributed by atoms with Gasteiger partial charge in [-0.2, -0.15) is 0 Å². The predicted molar refractivity (Wildman–Crippen MR) is 116 cm³/mol. The van der Waals surface area contributed by atoms with Gasteiger partial charge in [-0.3, -0.25) is 4.79 Å². The van der Waals surface area contributed by atoms with Crippen molar-refractivity contribution in [2.24, 2.45) is 0 Å². The van der Waals surface area contributed by atoms with E-state index in [0.29, 0.717) is 43.5 Å². The Morgan fingerprint density at radius 2 is 1.52 bits per heavy atom. The van der Waals surface area contributed by atoms with Gasteiger partial charge in [-0.05, 0) is 50.2 Å². The molecular formula is C21H27LiO6P. The van der Waals surface area contributed by atoms with Gasteiger partial charge in [0.25, 0.3) is 0 Å². The molecule has 0 heterocycles. The first-order chi connectivity index (χ1) is 13.7. The van der Waals surface area contributed by atoms with Crippen molar-refractivity contribution in [1.29, 1.82) is 0 Å². The molecule has 1 atom stereocenters. The van der Waals surface area contributed by atoms with Crippen LogP contribution in [0.3, 0.4) is 0 Å². The summed E-state index contributed by atoms with van der Waals surface area (Å²) in [6, 6.07) is 12.7. The van der Waals surface area contributed by atoms with Gasteiger partial charge in [-0.1, -0.05) is 6.07 Å². The van der Waals surface area contributed by atoms with Gasteiger partial charge in [0.1, 0.15) is 31.0 Å². The van der Waals surface area contributed by atoms with Crippen LogP contribution in [0.25, 0.3) is 0 Å². The van der Waals surface area contributed by atoms with Crippen LogP contribution >= 0.6 is 8.15 Å². The minimum atomic E-state index is -1.61. The Labute approximate surface area is 185 Å². The molecule has 1 unspecified atom stereocenters. The zero-order valence-corrected chi connectivity index (χ0v) is 18.7. The molecule has 2 aromatic rings. The van der Waals surface area contributed by atoms with Crippen LogP contribution in [0.5, 0.6) is 17.2 Å². The second-order valence-electron chi connectivity index (χ2n) is 5.59. The van der Waals surface area contributed by atoms with Crippen LogP contribution in [0.2, 0.25) is 0 Å². The molecule has 0 bridgehead atoms. The van der Waals surface area contributed by atoms with Gasteiger partial charge in [0.2, 0.25) is 5.52 Å². The van der Waals surface area contributed by atoms with E-state index in [0.717, 1.165) is 11.1 Å². The summed E-state index contributed by atoms with van der Waals surface area (Å²) in [5.41, 5.74) is 0.203. The van der Waals surface area contributed by atoms with Crippen molar-refractivity contribution in [3.05, 3.63) is 48.0 Å². The predicted octanol–water partition coefficient (Wildman–Crippen LogP) is 3.64. The van der Waals surface area contributed by atoms with Gasteiger partial charge < -0.3 is 23.5 Å². The Bertz CT molecular complexity index is 731. The molecule has 1 radical (unpaired) electrons. The van der Waals surface area contributed by atoms with E-state index in [9.17, 15) is 4.79 Å². The molecule has 0 aromatic heterocycles. The molecule has 0 amide bonds. The Hall–Kier alpha value is -1.54. The SMILES string of the molecule is CCOCCOP(C(=O)c1c(OC)cccc1OC)c1ccc(OCC)cc1.[Li]. The van der Waals surface area contributed by atoms with Gasteiger partial charge in [-0.25, -0.2) is 0 Å².